The highest BCUT2D eigenvalue weighted by Crippen LogP contribution is 2.41. The Morgan fingerprint density at radius 3 is 1.52 bits per heavy atom. The van der Waals surface area contributed by atoms with E-state index >= 15 is 0 Å². The minimum atomic E-state index is -0.349. The maximum absolute atomic E-state index is 11.0. The van der Waals surface area contributed by atoms with Gasteiger partial charge in [0.15, 0.2) is 0 Å². The van der Waals surface area contributed by atoms with Crippen molar-refractivity contribution in [1.82, 2.24) is 0 Å². The quantitative estimate of drug-likeness (QED) is 0.0347. The van der Waals surface area contributed by atoms with Gasteiger partial charge in [0.2, 0.25) is 0 Å². The first-order chi connectivity index (χ1) is 20.7. The first-order valence-electron chi connectivity index (χ1n) is 15.8. The Kier molecular flexibility index (Phi) is 16.5. The molecule has 0 radical (unpaired) electrons. The van der Waals surface area contributed by atoms with E-state index in [4.69, 9.17) is 24.0 Å². The Balaban J connectivity index is 1.25. The largest absolute Gasteiger partial charge is 0.494 e. The molecule has 0 amide bonds. The summed E-state index contributed by atoms with van der Waals surface area (Å²) < 4.78 is 16.9. The maximum atomic E-state index is 11.0. The van der Waals surface area contributed by atoms with Gasteiger partial charge in [-0.2, -0.15) is 0 Å². The van der Waals surface area contributed by atoms with E-state index in [-0.39, 0.29) is 5.97 Å². The molecule has 0 unspecified atom stereocenters. The van der Waals surface area contributed by atoms with Crippen molar-refractivity contribution in [3.63, 3.8) is 0 Å². The number of carbonyl (C=O) groups is 1. The van der Waals surface area contributed by atoms with Gasteiger partial charge in [-0.3, -0.25) is 0 Å². The number of esters is 1. The summed E-state index contributed by atoms with van der Waals surface area (Å²) in [6.45, 7) is 9.96. The van der Waals surface area contributed by atoms with Crippen LogP contribution >= 0.6 is 0 Å². The summed E-state index contributed by atoms with van der Waals surface area (Å²) in [5.74, 6) is 2.80. The third-order valence-electron chi connectivity index (χ3n) is 7.81. The molecule has 0 atom stereocenters. The monoisotopic (exact) mass is 578 g/mol. The molecule has 0 saturated heterocycles. The molecule has 6 heteroatoms. The number of rotatable bonds is 22. The second kappa shape index (κ2) is 20.7. The van der Waals surface area contributed by atoms with Gasteiger partial charge in [0.1, 0.15) is 18.1 Å². The lowest BCUT2D eigenvalue weighted by Gasteiger charge is -2.29. The van der Waals surface area contributed by atoms with Crippen LogP contribution in [0.25, 0.3) is 0 Å². The minimum absolute atomic E-state index is 0.349. The normalized spacial score (nSPS) is 16.5. The molecular weight excluding hydrogens is 528 g/mol. The molecule has 2 aromatic rings. The van der Waals surface area contributed by atoms with Gasteiger partial charge in [0.25, 0.3) is 0 Å². The predicted molar refractivity (Wildman–Crippen MR) is 168 cm³/mol. The van der Waals surface area contributed by atoms with Gasteiger partial charge in [-0.1, -0.05) is 43.3 Å². The molecule has 3 rings (SSSR count). The van der Waals surface area contributed by atoms with Gasteiger partial charge in [-0.05, 0) is 118 Å². The third kappa shape index (κ3) is 13.3. The summed E-state index contributed by atoms with van der Waals surface area (Å²) >= 11 is 0. The smallest absolute Gasteiger partial charge is 0.330 e. The highest BCUT2D eigenvalue weighted by Gasteiger charge is 2.23. The van der Waals surface area contributed by atoms with Crippen molar-refractivity contribution in [2.24, 2.45) is 0 Å². The number of hydrogen-bond acceptors (Lipinski definition) is 6. The summed E-state index contributed by atoms with van der Waals surface area (Å²) in [5.41, 5.74) is 2.85. The SMILES string of the molecule is C=CCOOCCCCCCOc1ccc(C2CCC(c3ccc(OCCCCCCOC(=O)C=C)cc3)CC2)cc1. The molecule has 1 aliphatic rings. The molecule has 0 aromatic heterocycles. The van der Waals surface area contributed by atoms with Gasteiger partial charge >= 0.3 is 5.97 Å². The van der Waals surface area contributed by atoms with Gasteiger partial charge in [0, 0.05) is 6.08 Å². The fourth-order valence-corrected chi connectivity index (χ4v) is 5.37. The van der Waals surface area contributed by atoms with Crippen LogP contribution in [0.4, 0.5) is 0 Å². The molecule has 1 fully saturated rings. The Labute approximate surface area is 253 Å². The van der Waals surface area contributed by atoms with Gasteiger partial charge < -0.3 is 14.2 Å². The summed E-state index contributed by atoms with van der Waals surface area (Å²) in [7, 11) is 0. The molecule has 0 heterocycles. The second-order valence-corrected chi connectivity index (χ2v) is 11.0. The second-order valence-electron chi connectivity index (χ2n) is 11.0. The van der Waals surface area contributed by atoms with E-state index in [9.17, 15) is 4.79 Å². The molecule has 0 aliphatic heterocycles. The molecule has 2 aromatic carbocycles. The lowest BCUT2D eigenvalue weighted by Crippen LogP contribution is -2.12. The fraction of sp³-hybridized carbons (Fsp3) is 0.528. The van der Waals surface area contributed by atoms with Crippen LogP contribution in [0.15, 0.2) is 73.8 Å². The highest BCUT2D eigenvalue weighted by molar-refractivity contribution is 5.81. The molecule has 1 aliphatic carbocycles. The molecule has 6 nitrogen and oxygen atoms in total. The summed E-state index contributed by atoms with van der Waals surface area (Å²) in [4.78, 5) is 21.0. The number of ether oxygens (including phenoxy) is 3. The summed E-state index contributed by atoms with van der Waals surface area (Å²) in [5, 5.41) is 0. The number of carbonyl (C=O) groups excluding carboxylic acids is 1. The van der Waals surface area contributed by atoms with Crippen molar-refractivity contribution in [1.29, 1.82) is 0 Å². The van der Waals surface area contributed by atoms with E-state index in [1.54, 1.807) is 6.08 Å². The standard InChI is InChI=1S/C36H50O6/c1-3-25-41-42-29-12-8-7-10-27-39-35-23-19-33(20-24-35)31-15-13-30(14-16-31)32-17-21-34(22-18-32)38-26-9-5-6-11-28-40-36(37)4-2/h3-4,17-24,30-31H,1-2,5-16,25-29H2. The van der Waals surface area contributed by atoms with E-state index in [1.165, 1.54) is 42.9 Å². The maximum Gasteiger partial charge on any atom is 0.330 e. The van der Waals surface area contributed by atoms with Crippen LogP contribution in [0.3, 0.4) is 0 Å². The fourth-order valence-electron chi connectivity index (χ4n) is 5.37. The highest BCUT2D eigenvalue weighted by atomic mass is 17.2. The Hall–Kier alpha value is -3.09. The molecule has 0 bridgehead atoms. The van der Waals surface area contributed by atoms with Crippen LogP contribution in [0.2, 0.25) is 0 Å². The lowest BCUT2D eigenvalue weighted by atomic mass is 9.76. The number of hydrogen-bond donors (Lipinski definition) is 0. The van der Waals surface area contributed by atoms with Crippen LogP contribution in [0, 0.1) is 0 Å². The van der Waals surface area contributed by atoms with Gasteiger partial charge in [-0.25, -0.2) is 14.6 Å². The Morgan fingerprint density at radius 2 is 1.07 bits per heavy atom. The van der Waals surface area contributed by atoms with E-state index in [1.807, 2.05) is 0 Å². The Bertz CT molecular complexity index is 1010. The molecule has 0 N–H and O–H groups in total. The molecule has 1 saturated carbocycles. The first kappa shape index (κ1) is 33.4. The van der Waals surface area contributed by atoms with Crippen molar-refractivity contribution >= 4 is 5.97 Å². The zero-order chi connectivity index (χ0) is 29.7. The van der Waals surface area contributed by atoms with E-state index in [0.717, 1.165) is 69.5 Å². The molecular formula is C36H50O6. The zero-order valence-corrected chi connectivity index (χ0v) is 25.3. The van der Waals surface area contributed by atoms with Crippen LogP contribution in [0.1, 0.15) is 100 Å². The molecule has 0 spiro atoms. The molecule has 230 valence electrons. The van der Waals surface area contributed by atoms with Crippen molar-refractivity contribution in [3.8, 4) is 11.5 Å². The van der Waals surface area contributed by atoms with Gasteiger partial charge in [0.05, 0.1) is 26.4 Å². The van der Waals surface area contributed by atoms with Crippen molar-refractivity contribution in [2.75, 3.05) is 33.0 Å². The van der Waals surface area contributed by atoms with E-state index in [0.29, 0.717) is 38.3 Å². The topological polar surface area (TPSA) is 63.2 Å². The first-order valence-corrected chi connectivity index (χ1v) is 15.8. The third-order valence-corrected chi connectivity index (χ3v) is 7.81. The van der Waals surface area contributed by atoms with Crippen LogP contribution < -0.4 is 9.47 Å². The number of benzene rings is 2. The zero-order valence-electron chi connectivity index (χ0n) is 25.3. The minimum Gasteiger partial charge on any atom is -0.494 e. The summed E-state index contributed by atoms with van der Waals surface area (Å²) in [6.07, 6.45) is 16.0. The van der Waals surface area contributed by atoms with Crippen LogP contribution in [-0.2, 0) is 19.3 Å². The van der Waals surface area contributed by atoms with E-state index in [2.05, 4.69) is 61.7 Å². The summed E-state index contributed by atoms with van der Waals surface area (Å²) in [6, 6.07) is 17.5. The lowest BCUT2D eigenvalue weighted by molar-refractivity contribution is -0.286. The van der Waals surface area contributed by atoms with Crippen molar-refractivity contribution in [3.05, 3.63) is 85.0 Å². The predicted octanol–water partition coefficient (Wildman–Crippen LogP) is 8.87. The van der Waals surface area contributed by atoms with Crippen molar-refractivity contribution < 1.29 is 28.8 Å². The Morgan fingerprint density at radius 1 is 0.619 bits per heavy atom. The molecule has 42 heavy (non-hydrogen) atoms. The average Bonchev–Trinajstić information content (AvgIpc) is 3.03. The van der Waals surface area contributed by atoms with Gasteiger partial charge in [-0.15, -0.1) is 6.58 Å². The van der Waals surface area contributed by atoms with Crippen molar-refractivity contribution in [2.45, 2.75) is 88.9 Å². The average molecular weight is 579 g/mol. The van der Waals surface area contributed by atoms with Crippen LogP contribution in [0.5, 0.6) is 11.5 Å². The van der Waals surface area contributed by atoms with E-state index < -0.39 is 0 Å². The van der Waals surface area contributed by atoms with Crippen LogP contribution in [-0.4, -0.2) is 39.0 Å². The number of unbranched alkanes of at least 4 members (excludes halogenated alkanes) is 6.